The highest BCUT2D eigenvalue weighted by molar-refractivity contribution is 7.80. The molecule has 16 heavy (non-hydrogen) atoms. The quantitative estimate of drug-likeness (QED) is 0.610. The Labute approximate surface area is 93.4 Å². The zero-order valence-corrected chi connectivity index (χ0v) is 8.92. The molecule has 0 saturated carbocycles. The van der Waals surface area contributed by atoms with Gasteiger partial charge in [-0.05, 0) is 12.2 Å². The Balaban J connectivity index is 3.09. The molecular weight excluding hydrogens is 248 g/mol. The minimum absolute atomic E-state index is 0.212. The molecule has 9 heteroatoms. The van der Waals surface area contributed by atoms with E-state index < -0.39 is 29.9 Å². The van der Waals surface area contributed by atoms with E-state index in [4.69, 9.17) is 5.73 Å². The van der Waals surface area contributed by atoms with Crippen LogP contribution in [0.15, 0.2) is 0 Å². The lowest BCUT2D eigenvalue weighted by atomic mass is 10.2. The number of rotatable bonds is 2. The van der Waals surface area contributed by atoms with E-state index in [9.17, 15) is 17.6 Å². The SMILES string of the molecule is Cn1nc(C(F)(F)F)c(CNC(N)=S)c1F. The highest BCUT2D eigenvalue weighted by Gasteiger charge is 2.38. The molecule has 0 atom stereocenters. The van der Waals surface area contributed by atoms with Crippen LogP contribution in [0.5, 0.6) is 0 Å². The predicted octanol–water partition coefficient (Wildman–Crippen LogP) is 0.911. The Morgan fingerprint density at radius 2 is 2.12 bits per heavy atom. The normalized spacial score (nSPS) is 11.6. The predicted molar refractivity (Wildman–Crippen MR) is 51.8 cm³/mol. The third kappa shape index (κ3) is 2.60. The van der Waals surface area contributed by atoms with Gasteiger partial charge in [-0.15, -0.1) is 0 Å². The van der Waals surface area contributed by atoms with E-state index >= 15 is 0 Å². The second-order valence-corrected chi connectivity index (χ2v) is 3.40. The van der Waals surface area contributed by atoms with Gasteiger partial charge in [0.05, 0.1) is 5.56 Å². The lowest BCUT2D eigenvalue weighted by Gasteiger charge is -2.06. The summed E-state index contributed by atoms with van der Waals surface area (Å²) in [6.45, 7) is -0.455. The molecule has 90 valence electrons. The standard InChI is InChI=1S/C7H8F4N4S/c1-15-5(8)3(2-13-6(12)16)4(14-15)7(9,10)11/h2H2,1H3,(H3,12,13,16). The molecule has 0 unspecified atom stereocenters. The van der Waals surface area contributed by atoms with Gasteiger partial charge in [0.15, 0.2) is 10.8 Å². The van der Waals surface area contributed by atoms with Crippen molar-refractivity contribution in [2.45, 2.75) is 12.7 Å². The molecule has 0 amide bonds. The molecule has 0 bridgehead atoms. The lowest BCUT2D eigenvalue weighted by molar-refractivity contribution is -0.142. The average molecular weight is 256 g/mol. The van der Waals surface area contributed by atoms with E-state index in [2.05, 4.69) is 22.6 Å². The molecule has 0 radical (unpaired) electrons. The number of nitrogens with two attached hydrogens (primary N) is 1. The van der Waals surface area contributed by atoms with Crippen LogP contribution in [-0.4, -0.2) is 14.9 Å². The number of nitrogens with zero attached hydrogens (tertiary/aromatic N) is 2. The number of aromatic nitrogens is 2. The van der Waals surface area contributed by atoms with Crippen molar-refractivity contribution in [1.82, 2.24) is 15.1 Å². The molecule has 0 spiro atoms. The van der Waals surface area contributed by atoms with Gasteiger partial charge >= 0.3 is 6.18 Å². The molecule has 1 aromatic heterocycles. The molecule has 1 aromatic rings. The molecular formula is C7H8F4N4S. The summed E-state index contributed by atoms with van der Waals surface area (Å²) in [5, 5.41) is 5.08. The fraction of sp³-hybridized carbons (Fsp3) is 0.429. The van der Waals surface area contributed by atoms with Gasteiger partial charge in [0.25, 0.3) is 0 Å². The van der Waals surface area contributed by atoms with Gasteiger partial charge in [0.2, 0.25) is 5.95 Å². The number of alkyl halides is 3. The second-order valence-electron chi connectivity index (χ2n) is 2.96. The first-order valence-corrected chi connectivity index (χ1v) is 4.46. The smallest absolute Gasteiger partial charge is 0.376 e. The zero-order chi connectivity index (χ0) is 12.5. The van der Waals surface area contributed by atoms with Crippen molar-refractivity contribution in [3.05, 3.63) is 17.2 Å². The van der Waals surface area contributed by atoms with Gasteiger partial charge in [0.1, 0.15) is 0 Å². The minimum atomic E-state index is -4.71. The van der Waals surface area contributed by atoms with E-state index in [1.165, 1.54) is 0 Å². The van der Waals surface area contributed by atoms with Crippen LogP contribution in [-0.2, 0) is 19.8 Å². The number of hydrogen-bond acceptors (Lipinski definition) is 2. The minimum Gasteiger partial charge on any atom is -0.376 e. The van der Waals surface area contributed by atoms with Crippen LogP contribution >= 0.6 is 12.2 Å². The van der Waals surface area contributed by atoms with E-state index in [1.54, 1.807) is 0 Å². The van der Waals surface area contributed by atoms with Crippen molar-refractivity contribution < 1.29 is 17.6 Å². The topological polar surface area (TPSA) is 55.9 Å². The molecule has 0 fully saturated rings. The van der Waals surface area contributed by atoms with Crippen LogP contribution in [0.3, 0.4) is 0 Å². The Morgan fingerprint density at radius 3 is 2.56 bits per heavy atom. The first kappa shape index (κ1) is 12.7. The number of aryl methyl sites for hydroxylation is 1. The van der Waals surface area contributed by atoms with Crippen molar-refractivity contribution in [1.29, 1.82) is 0 Å². The summed E-state index contributed by atoms with van der Waals surface area (Å²) >= 11 is 4.42. The van der Waals surface area contributed by atoms with E-state index in [0.29, 0.717) is 4.68 Å². The van der Waals surface area contributed by atoms with Gasteiger partial charge in [-0.3, -0.25) is 0 Å². The van der Waals surface area contributed by atoms with E-state index in [-0.39, 0.29) is 5.11 Å². The Morgan fingerprint density at radius 1 is 1.56 bits per heavy atom. The third-order valence-electron chi connectivity index (χ3n) is 1.78. The molecule has 0 aromatic carbocycles. The molecule has 0 aliphatic rings. The van der Waals surface area contributed by atoms with Crippen LogP contribution < -0.4 is 11.1 Å². The van der Waals surface area contributed by atoms with E-state index in [0.717, 1.165) is 7.05 Å². The maximum atomic E-state index is 13.3. The second kappa shape index (κ2) is 4.24. The largest absolute Gasteiger partial charge is 0.435 e. The van der Waals surface area contributed by atoms with Crippen LogP contribution in [0.1, 0.15) is 11.3 Å². The van der Waals surface area contributed by atoms with Crippen LogP contribution in [0.2, 0.25) is 0 Å². The van der Waals surface area contributed by atoms with Crippen LogP contribution in [0.4, 0.5) is 17.6 Å². The molecule has 4 nitrogen and oxygen atoms in total. The average Bonchev–Trinajstić information content (AvgIpc) is 2.40. The van der Waals surface area contributed by atoms with Crippen molar-refractivity contribution in [3.63, 3.8) is 0 Å². The summed E-state index contributed by atoms with van der Waals surface area (Å²) in [6.07, 6.45) is -4.71. The summed E-state index contributed by atoms with van der Waals surface area (Å²) < 4.78 is 51.1. The highest BCUT2D eigenvalue weighted by atomic mass is 32.1. The van der Waals surface area contributed by atoms with Gasteiger partial charge in [-0.25, -0.2) is 4.68 Å². The zero-order valence-electron chi connectivity index (χ0n) is 8.10. The van der Waals surface area contributed by atoms with Crippen molar-refractivity contribution in [3.8, 4) is 0 Å². The molecule has 1 heterocycles. The molecule has 0 aliphatic heterocycles. The Bertz CT molecular complexity index is 411. The fourth-order valence-electron chi connectivity index (χ4n) is 1.11. The monoisotopic (exact) mass is 256 g/mol. The first-order valence-electron chi connectivity index (χ1n) is 4.05. The number of thiocarbonyl (C=S) groups is 1. The summed E-state index contributed by atoms with van der Waals surface area (Å²) in [6, 6.07) is 0. The van der Waals surface area contributed by atoms with Crippen LogP contribution in [0.25, 0.3) is 0 Å². The summed E-state index contributed by atoms with van der Waals surface area (Å²) in [4.78, 5) is 0. The summed E-state index contributed by atoms with van der Waals surface area (Å²) in [5.41, 5.74) is 3.16. The number of halogens is 4. The molecule has 3 N–H and O–H groups in total. The Hall–Kier alpha value is -1.38. The summed E-state index contributed by atoms with van der Waals surface area (Å²) in [7, 11) is 1.08. The maximum absolute atomic E-state index is 13.3. The fourth-order valence-corrected chi connectivity index (χ4v) is 1.18. The van der Waals surface area contributed by atoms with Crippen molar-refractivity contribution in [2.75, 3.05) is 0 Å². The highest BCUT2D eigenvalue weighted by Crippen LogP contribution is 2.31. The van der Waals surface area contributed by atoms with Gasteiger partial charge in [-0.1, -0.05) is 0 Å². The van der Waals surface area contributed by atoms with Gasteiger partial charge in [0, 0.05) is 13.6 Å². The summed E-state index contributed by atoms with van der Waals surface area (Å²) in [5.74, 6) is -1.07. The Kier molecular flexibility index (Phi) is 3.36. The van der Waals surface area contributed by atoms with E-state index in [1.807, 2.05) is 0 Å². The number of hydrogen-bond donors (Lipinski definition) is 2. The maximum Gasteiger partial charge on any atom is 0.435 e. The van der Waals surface area contributed by atoms with Gasteiger partial charge in [-0.2, -0.15) is 22.7 Å². The first-order chi connectivity index (χ1) is 7.23. The van der Waals surface area contributed by atoms with Crippen LogP contribution in [0, 0.1) is 5.95 Å². The van der Waals surface area contributed by atoms with Gasteiger partial charge < -0.3 is 11.1 Å². The number of nitrogens with one attached hydrogen (secondary N) is 1. The van der Waals surface area contributed by atoms with Crippen molar-refractivity contribution >= 4 is 17.3 Å². The molecule has 0 saturated heterocycles. The van der Waals surface area contributed by atoms with Crippen molar-refractivity contribution in [2.24, 2.45) is 12.8 Å². The molecule has 1 rings (SSSR count). The lowest BCUT2D eigenvalue weighted by Crippen LogP contribution is -2.29. The molecule has 0 aliphatic carbocycles. The third-order valence-corrected chi connectivity index (χ3v) is 1.92.